The minimum absolute atomic E-state index is 0.0550. The topological polar surface area (TPSA) is 46.6 Å². The highest BCUT2D eigenvalue weighted by Crippen LogP contribution is 2.37. The summed E-state index contributed by atoms with van der Waals surface area (Å²) in [6.45, 7) is 12.2. The molecule has 0 N–H and O–H groups in total. The predicted octanol–water partition coefficient (Wildman–Crippen LogP) is 5.05. The molecule has 0 aliphatic carbocycles. The molecule has 1 amide bonds. The molecule has 1 unspecified atom stereocenters. The van der Waals surface area contributed by atoms with E-state index in [1.807, 2.05) is 45.9 Å². The quantitative estimate of drug-likeness (QED) is 0.487. The Kier molecular flexibility index (Phi) is 7.48. The highest BCUT2D eigenvalue weighted by molar-refractivity contribution is 8.01. The van der Waals surface area contributed by atoms with Gasteiger partial charge in [0.2, 0.25) is 5.91 Å². The molecule has 2 rings (SSSR count). The summed E-state index contributed by atoms with van der Waals surface area (Å²) >= 11 is 1.58. The van der Waals surface area contributed by atoms with Crippen LogP contribution in [0.15, 0.2) is 54.2 Å². The number of allylic oxidation sites excluding steroid dienone is 3. The van der Waals surface area contributed by atoms with Gasteiger partial charge in [-0.25, -0.2) is 4.79 Å². The normalized spacial score (nSPS) is 17.0. The number of hydrogen-bond acceptors (Lipinski definition) is 4. The average molecular weight is 386 g/mol. The molecule has 1 aliphatic heterocycles. The number of carbonyl (C=O) groups is 2. The molecule has 5 heteroatoms. The van der Waals surface area contributed by atoms with Gasteiger partial charge in [-0.1, -0.05) is 37.3 Å². The van der Waals surface area contributed by atoms with Gasteiger partial charge in [0, 0.05) is 5.69 Å². The fourth-order valence-corrected chi connectivity index (χ4v) is 3.96. The van der Waals surface area contributed by atoms with Crippen LogP contribution >= 0.6 is 11.8 Å². The van der Waals surface area contributed by atoms with E-state index in [9.17, 15) is 9.59 Å². The molecular formula is C22H27NO3S. The number of anilines is 1. The Balaban J connectivity index is 2.35. The Labute approximate surface area is 166 Å². The van der Waals surface area contributed by atoms with E-state index >= 15 is 0 Å². The van der Waals surface area contributed by atoms with Gasteiger partial charge in [0.25, 0.3) is 0 Å². The molecule has 1 fully saturated rings. The first kappa shape index (κ1) is 21.0. The first-order valence-electron chi connectivity index (χ1n) is 9.08. The van der Waals surface area contributed by atoms with Crippen LogP contribution in [-0.4, -0.2) is 29.6 Å². The molecule has 144 valence electrons. The molecule has 1 heterocycles. The molecular weight excluding hydrogens is 358 g/mol. The molecule has 0 radical (unpaired) electrons. The zero-order valence-electron chi connectivity index (χ0n) is 16.5. The molecule has 0 saturated carbocycles. The van der Waals surface area contributed by atoms with Gasteiger partial charge in [-0.3, -0.25) is 9.69 Å². The maximum Gasteiger partial charge on any atom is 0.338 e. The van der Waals surface area contributed by atoms with Crippen LogP contribution in [-0.2, 0) is 9.53 Å². The summed E-state index contributed by atoms with van der Waals surface area (Å²) in [7, 11) is 0. The summed E-state index contributed by atoms with van der Waals surface area (Å²) in [6, 6.07) is 5.34. The second-order valence-electron chi connectivity index (χ2n) is 6.68. The van der Waals surface area contributed by atoms with Crippen molar-refractivity contribution in [2.24, 2.45) is 0 Å². The predicted molar refractivity (Wildman–Crippen MR) is 113 cm³/mol. The minimum Gasteiger partial charge on any atom is -0.462 e. The molecule has 1 aromatic carbocycles. The second kappa shape index (κ2) is 9.60. The van der Waals surface area contributed by atoms with Gasteiger partial charge < -0.3 is 4.74 Å². The van der Waals surface area contributed by atoms with Gasteiger partial charge in [0.1, 0.15) is 5.37 Å². The fraction of sp³-hybridized carbons (Fsp3) is 0.364. The largest absolute Gasteiger partial charge is 0.462 e. The molecule has 1 saturated heterocycles. The SMILES string of the molecule is C=C/C(=C\C=C(C)C)C1SCC(=O)N1c1ccc(C(=O)OCCC)cc1C. The van der Waals surface area contributed by atoms with Crippen LogP contribution in [0, 0.1) is 6.92 Å². The Morgan fingerprint density at radius 2 is 2.11 bits per heavy atom. The number of carbonyl (C=O) groups excluding carboxylic acids is 2. The number of thioether (sulfide) groups is 1. The van der Waals surface area contributed by atoms with Crippen molar-refractivity contribution < 1.29 is 14.3 Å². The van der Waals surface area contributed by atoms with Crippen LogP contribution in [0.1, 0.15) is 43.1 Å². The molecule has 0 spiro atoms. The zero-order chi connectivity index (χ0) is 20.0. The summed E-state index contributed by atoms with van der Waals surface area (Å²) < 4.78 is 5.20. The second-order valence-corrected chi connectivity index (χ2v) is 7.75. The first-order chi connectivity index (χ1) is 12.9. The maximum absolute atomic E-state index is 12.6. The lowest BCUT2D eigenvalue weighted by Gasteiger charge is -2.26. The first-order valence-corrected chi connectivity index (χ1v) is 10.1. The Hall–Kier alpha value is -2.27. The van der Waals surface area contributed by atoms with Crippen molar-refractivity contribution in [1.29, 1.82) is 0 Å². The third-order valence-corrected chi connectivity index (χ3v) is 5.34. The molecule has 1 atom stereocenters. The summed E-state index contributed by atoms with van der Waals surface area (Å²) in [5.41, 5.74) is 4.35. The Bertz CT molecular complexity index is 791. The number of nitrogens with zero attached hydrogens (tertiary/aromatic N) is 1. The number of aryl methyl sites for hydroxylation is 1. The molecule has 1 aliphatic rings. The van der Waals surface area contributed by atoms with E-state index in [0.717, 1.165) is 23.2 Å². The van der Waals surface area contributed by atoms with Crippen molar-refractivity contribution in [3.8, 4) is 0 Å². The number of amides is 1. The van der Waals surface area contributed by atoms with E-state index in [0.29, 0.717) is 17.9 Å². The summed E-state index contributed by atoms with van der Waals surface area (Å²) in [5.74, 6) is 0.143. The Morgan fingerprint density at radius 3 is 2.70 bits per heavy atom. The van der Waals surface area contributed by atoms with E-state index in [2.05, 4.69) is 6.58 Å². The average Bonchev–Trinajstić information content (AvgIpc) is 3.01. The smallest absolute Gasteiger partial charge is 0.338 e. The third kappa shape index (κ3) is 5.13. The Morgan fingerprint density at radius 1 is 1.37 bits per heavy atom. The molecule has 0 aromatic heterocycles. The van der Waals surface area contributed by atoms with Crippen LogP contribution in [0.25, 0.3) is 0 Å². The lowest BCUT2D eigenvalue weighted by atomic mass is 10.1. The number of rotatable bonds is 7. The third-order valence-electron chi connectivity index (χ3n) is 4.13. The molecule has 0 bridgehead atoms. The van der Waals surface area contributed by atoms with Crippen molar-refractivity contribution in [3.63, 3.8) is 0 Å². The van der Waals surface area contributed by atoms with Gasteiger partial charge in [-0.15, -0.1) is 11.8 Å². The number of ether oxygens (including phenoxy) is 1. The highest BCUT2D eigenvalue weighted by atomic mass is 32.2. The standard InChI is InChI=1S/C22H27NO3S/c1-6-12-26-22(25)18-10-11-19(16(5)13-18)23-20(24)14-27-21(23)17(7-2)9-8-15(3)4/h7-11,13,21H,2,6,12,14H2,1,3-5H3/b17-9+. The van der Waals surface area contributed by atoms with Crippen molar-refractivity contribution in [1.82, 2.24) is 0 Å². The molecule has 27 heavy (non-hydrogen) atoms. The van der Waals surface area contributed by atoms with Crippen molar-refractivity contribution in [2.45, 2.75) is 39.5 Å². The van der Waals surface area contributed by atoms with E-state index in [1.165, 1.54) is 5.57 Å². The van der Waals surface area contributed by atoms with Crippen molar-refractivity contribution in [2.75, 3.05) is 17.3 Å². The van der Waals surface area contributed by atoms with Gasteiger partial charge in [-0.05, 0) is 56.5 Å². The zero-order valence-corrected chi connectivity index (χ0v) is 17.3. The summed E-state index contributed by atoms with van der Waals surface area (Å²) in [4.78, 5) is 26.5. The van der Waals surface area contributed by atoms with Crippen LogP contribution in [0.4, 0.5) is 5.69 Å². The number of benzene rings is 1. The van der Waals surface area contributed by atoms with E-state index in [4.69, 9.17) is 4.74 Å². The molecule has 1 aromatic rings. The van der Waals surface area contributed by atoms with Crippen LogP contribution in [0.2, 0.25) is 0 Å². The summed E-state index contributed by atoms with van der Waals surface area (Å²) in [6.07, 6.45) is 6.62. The van der Waals surface area contributed by atoms with Crippen LogP contribution in [0.5, 0.6) is 0 Å². The monoisotopic (exact) mass is 385 g/mol. The molecule has 4 nitrogen and oxygen atoms in total. The van der Waals surface area contributed by atoms with Gasteiger partial charge in [-0.2, -0.15) is 0 Å². The lowest BCUT2D eigenvalue weighted by Crippen LogP contribution is -2.34. The van der Waals surface area contributed by atoms with Crippen LogP contribution < -0.4 is 4.90 Å². The number of esters is 1. The highest BCUT2D eigenvalue weighted by Gasteiger charge is 2.35. The summed E-state index contributed by atoms with van der Waals surface area (Å²) in [5, 5.41) is -0.123. The van der Waals surface area contributed by atoms with Gasteiger partial charge in [0.05, 0.1) is 17.9 Å². The maximum atomic E-state index is 12.6. The van der Waals surface area contributed by atoms with E-state index < -0.39 is 0 Å². The van der Waals surface area contributed by atoms with Gasteiger partial charge in [0.15, 0.2) is 0 Å². The van der Waals surface area contributed by atoms with E-state index in [-0.39, 0.29) is 17.3 Å². The van der Waals surface area contributed by atoms with Crippen molar-refractivity contribution >= 4 is 29.3 Å². The van der Waals surface area contributed by atoms with Gasteiger partial charge >= 0.3 is 5.97 Å². The minimum atomic E-state index is -0.333. The van der Waals surface area contributed by atoms with E-state index in [1.54, 1.807) is 34.9 Å². The fourth-order valence-electron chi connectivity index (χ4n) is 2.78. The van der Waals surface area contributed by atoms with Crippen LogP contribution in [0.3, 0.4) is 0 Å². The number of hydrogen-bond donors (Lipinski definition) is 0. The lowest BCUT2D eigenvalue weighted by molar-refractivity contribution is -0.115. The van der Waals surface area contributed by atoms with Crippen molar-refractivity contribution in [3.05, 3.63) is 65.3 Å².